The molecule has 0 aliphatic rings. The number of hydrogen-bond acceptors (Lipinski definition) is 4. The number of nitrogens with zero attached hydrogens (tertiary/aromatic N) is 1. The molecule has 1 heterocycles. The largest absolute Gasteiger partial charge is 1.00 e. The Hall–Kier alpha value is 0.566. The van der Waals surface area contributed by atoms with Gasteiger partial charge >= 0.3 is 51.4 Å². The van der Waals surface area contributed by atoms with Gasteiger partial charge in [0.25, 0.3) is 0 Å². The van der Waals surface area contributed by atoms with Crippen molar-refractivity contribution in [1.29, 1.82) is 0 Å². The topological polar surface area (TPSA) is 79.0 Å². The molecule has 0 bridgehead atoms. The van der Waals surface area contributed by atoms with Crippen molar-refractivity contribution in [2.45, 2.75) is 0 Å². The molecule has 8 heteroatoms. The summed E-state index contributed by atoms with van der Waals surface area (Å²) in [6, 6.07) is 0. The van der Waals surface area contributed by atoms with Crippen molar-refractivity contribution < 1.29 is 65.7 Å². The number of hydrogen-bond donors (Lipinski definition) is 1. The van der Waals surface area contributed by atoms with Gasteiger partial charge in [-0.15, -0.1) is 0 Å². The first-order valence-electron chi connectivity index (χ1n) is 2.96. The van der Waals surface area contributed by atoms with Gasteiger partial charge in [0.1, 0.15) is 10.7 Å². The fourth-order valence-corrected chi connectivity index (χ4v) is 1.07. The Bertz CT molecular complexity index is 389. The molecule has 0 saturated carbocycles. The molecule has 0 atom stereocenters. The Kier molecular flexibility index (Phi) is 5.82. The molecule has 0 saturated heterocycles. The first-order valence-corrected chi connectivity index (χ1v) is 3.72. The van der Waals surface area contributed by atoms with Gasteiger partial charge in [0.15, 0.2) is 0 Å². The summed E-state index contributed by atoms with van der Waals surface area (Å²) in [4.78, 5) is 13.3. The van der Waals surface area contributed by atoms with Crippen molar-refractivity contribution in [1.82, 2.24) is 4.98 Å². The maximum atomic E-state index is 12.7. The van der Waals surface area contributed by atoms with E-state index in [1.807, 2.05) is 0 Å². The van der Waals surface area contributed by atoms with Crippen LogP contribution in [0.5, 0.6) is 0 Å². The van der Waals surface area contributed by atoms with Gasteiger partial charge in [-0.25, -0.2) is 4.98 Å². The molecule has 1 aromatic heterocycles. The van der Waals surface area contributed by atoms with E-state index in [9.17, 15) is 14.3 Å². The fraction of sp³-hybridized carbons (Fsp3) is 0. The molecule has 0 fully saturated rings. The quantitative estimate of drug-likeness (QED) is 0.448. The normalized spacial score (nSPS) is 9.36. The third-order valence-electron chi connectivity index (χ3n) is 1.27. The molecule has 0 amide bonds. The summed E-state index contributed by atoms with van der Waals surface area (Å²) in [5.74, 6) is -2.91. The van der Waals surface area contributed by atoms with E-state index in [1.165, 1.54) is 0 Å². The summed E-state index contributed by atoms with van der Waals surface area (Å²) < 4.78 is 12.7. The van der Waals surface area contributed by atoms with E-state index < -0.39 is 27.7 Å². The number of anilines is 1. The predicted octanol–water partition coefficient (Wildman–Crippen LogP) is -2.52. The fourth-order valence-electron chi connectivity index (χ4n) is 0.667. The zero-order chi connectivity index (χ0) is 10.2. The number of aromatic nitrogens is 1. The van der Waals surface area contributed by atoms with Crippen LogP contribution in [-0.4, -0.2) is 11.0 Å². The summed E-state index contributed by atoms with van der Waals surface area (Å²) >= 11 is 10.7. The predicted molar refractivity (Wildman–Crippen MR) is 43.0 cm³/mol. The van der Waals surface area contributed by atoms with Crippen molar-refractivity contribution in [3.63, 3.8) is 0 Å². The minimum absolute atomic E-state index is 0. The monoisotopic (exact) mass is 262 g/mol. The van der Waals surface area contributed by atoms with Crippen LogP contribution in [0.25, 0.3) is 0 Å². The summed E-state index contributed by atoms with van der Waals surface area (Å²) in [5.41, 5.74) is 4.06. The molecule has 1 rings (SSSR count). The second kappa shape index (κ2) is 5.60. The van der Waals surface area contributed by atoms with E-state index in [2.05, 4.69) is 4.98 Å². The van der Waals surface area contributed by atoms with E-state index >= 15 is 0 Å². The van der Waals surface area contributed by atoms with Crippen molar-refractivity contribution in [2.24, 2.45) is 0 Å². The van der Waals surface area contributed by atoms with E-state index in [0.29, 0.717) is 0 Å². The van der Waals surface area contributed by atoms with Gasteiger partial charge < -0.3 is 15.6 Å². The van der Waals surface area contributed by atoms with Crippen LogP contribution in [-0.2, 0) is 0 Å². The van der Waals surface area contributed by atoms with Gasteiger partial charge in [0.05, 0.1) is 16.7 Å². The molecule has 4 nitrogen and oxygen atoms in total. The molecule has 0 aliphatic carbocycles. The number of halogens is 3. The first kappa shape index (κ1) is 14.6. The van der Waals surface area contributed by atoms with Crippen molar-refractivity contribution in [2.75, 3.05) is 5.73 Å². The van der Waals surface area contributed by atoms with Crippen LogP contribution >= 0.6 is 23.2 Å². The second-order valence-corrected chi connectivity index (χ2v) is 2.84. The molecule has 0 radical (unpaired) electrons. The number of carboxylic acid groups (broad SMARTS) is 1. The first-order chi connectivity index (χ1) is 5.95. The molecule has 2 N–H and O–H groups in total. The van der Waals surface area contributed by atoms with Crippen LogP contribution in [0.4, 0.5) is 10.1 Å². The van der Waals surface area contributed by atoms with Gasteiger partial charge in [0, 0.05) is 0 Å². The molecule has 0 aliphatic heterocycles. The van der Waals surface area contributed by atoms with Crippen LogP contribution in [0.15, 0.2) is 0 Å². The van der Waals surface area contributed by atoms with Crippen LogP contribution in [0.2, 0.25) is 10.0 Å². The van der Waals surface area contributed by atoms with Gasteiger partial charge in [-0.2, -0.15) is 4.39 Å². The molecule has 0 unspecified atom stereocenters. The third kappa shape index (κ3) is 2.79. The van der Waals surface area contributed by atoms with Crippen LogP contribution in [0, 0.1) is 5.95 Å². The molecule has 14 heavy (non-hydrogen) atoms. The number of carboxylic acids is 1. The molecular formula is C6H2Cl2FKN2O2. The minimum atomic E-state index is -1.72. The van der Waals surface area contributed by atoms with Gasteiger partial charge in [-0.1, -0.05) is 23.2 Å². The summed E-state index contributed by atoms with van der Waals surface area (Å²) in [6.45, 7) is 0. The zero-order valence-corrected chi connectivity index (χ0v) is 11.6. The van der Waals surface area contributed by atoms with Crippen LogP contribution in [0.3, 0.4) is 0 Å². The minimum Gasteiger partial charge on any atom is -0.543 e. The summed E-state index contributed by atoms with van der Waals surface area (Å²) in [6.07, 6.45) is 0. The van der Waals surface area contributed by atoms with E-state index in [-0.39, 0.29) is 57.1 Å². The maximum Gasteiger partial charge on any atom is 1.00 e. The van der Waals surface area contributed by atoms with Crippen LogP contribution in [0.1, 0.15) is 10.5 Å². The average Bonchev–Trinajstić information content (AvgIpc) is 2.07. The van der Waals surface area contributed by atoms with Crippen molar-refractivity contribution >= 4 is 34.9 Å². The Morgan fingerprint density at radius 1 is 1.43 bits per heavy atom. The van der Waals surface area contributed by atoms with E-state index in [0.717, 1.165) is 0 Å². The Balaban J connectivity index is 0.00000169. The molecule has 0 aromatic carbocycles. The Morgan fingerprint density at radius 2 is 1.93 bits per heavy atom. The van der Waals surface area contributed by atoms with Crippen LogP contribution < -0.4 is 62.2 Å². The van der Waals surface area contributed by atoms with E-state index in [1.54, 1.807) is 0 Å². The molecule has 0 spiro atoms. The maximum absolute atomic E-state index is 12.7. The number of carbonyl (C=O) groups excluding carboxylic acids is 1. The van der Waals surface area contributed by atoms with Crippen molar-refractivity contribution in [3.05, 3.63) is 21.7 Å². The van der Waals surface area contributed by atoms with Crippen molar-refractivity contribution in [3.8, 4) is 0 Å². The summed E-state index contributed by atoms with van der Waals surface area (Å²) in [5, 5.41) is 9.38. The third-order valence-corrected chi connectivity index (χ3v) is 2.01. The van der Waals surface area contributed by atoms with Gasteiger partial charge in [0.2, 0.25) is 5.95 Å². The number of nitrogens with two attached hydrogens (primary N) is 1. The second-order valence-electron chi connectivity index (χ2n) is 2.08. The number of carbonyl (C=O) groups is 1. The Morgan fingerprint density at radius 3 is 2.36 bits per heavy atom. The molecule has 70 valence electrons. The standard InChI is InChI=1S/C6H3Cl2FN2O2.K/c7-1-3(10)2(8)5(9)11-4(1)6(12)13;/h(H2,10,11)(H,12,13);/q;+1/p-1. The SMILES string of the molecule is Nc1c(Cl)c(F)nc(C(=O)[O-])c1Cl.[K+]. The molecule has 1 aromatic rings. The average molecular weight is 263 g/mol. The number of rotatable bonds is 1. The number of nitrogen functional groups attached to an aromatic ring is 1. The summed E-state index contributed by atoms with van der Waals surface area (Å²) in [7, 11) is 0. The van der Waals surface area contributed by atoms with Gasteiger partial charge in [-0.05, 0) is 0 Å². The van der Waals surface area contributed by atoms with E-state index in [4.69, 9.17) is 28.9 Å². The number of aromatic carboxylic acids is 1. The molecular weight excluding hydrogens is 261 g/mol. The number of pyridine rings is 1. The zero-order valence-electron chi connectivity index (χ0n) is 6.97. The van der Waals surface area contributed by atoms with Gasteiger partial charge in [-0.3, -0.25) is 0 Å². The Labute approximate surface area is 131 Å². The smallest absolute Gasteiger partial charge is 0.543 e.